The predicted octanol–water partition coefficient (Wildman–Crippen LogP) is 3.75. The van der Waals surface area contributed by atoms with Crippen LogP contribution in [0.25, 0.3) is 0 Å². The number of likely N-dealkylation sites (N-methyl/N-ethyl adjacent to an activating group) is 1. The maximum atomic E-state index is 13.3. The fourth-order valence-corrected chi connectivity index (χ4v) is 2.69. The van der Waals surface area contributed by atoms with E-state index in [9.17, 15) is 4.39 Å². The molecule has 2 rings (SSSR count). The van der Waals surface area contributed by atoms with E-state index in [0.717, 1.165) is 24.9 Å². The van der Waals surface area contributed by atoms with Crippen molar-refractivity contribution in [3.05, 3.63) is 64.1 Å². The van der Waals surface area contributed by atoms with Gasteiger partial charge in [-0.3, -0.25) is 4.98 Å². The van der Waals surface area contributed by atoms with Gasteiger partial charge in [0.15, 0.2) is 0 Å². The second kappa shape index (κ2) is 7.50. The molecule has 2 aromatic rings. The molecule has 0 bridgehead atoms. The largest absolute Gasteiger partial charge is 0.314 e. The van der Waals surface area contributed by atoms with Crippen LogP contribution >= 0.6 is 15.9 Å². The number of pyridine rings is 1. The number of nitrogens with zero attached hydrogens (tertiary/aromatic N) is 1. The molecule has 1 unspecified atom stereocenters. The smallest absolute Gasteiger partial charge is 0.137 e. The molecular weight excluding hydrogens is 319 g/mol. The van der Waals surface area contributed by atoms with Gasteiger partial charge in [-0.15, -0.1) is 0 Å². The molecule has 4 heteroatoms. The molecule has 0 fully saturated rings. The monoisotopic (exact) mass is 336 g/mol. The summed E-state index contributed by atoms with van der Waals surface area (Å²) in [5, 5.41) is 3.48. The first-order valence-electron chi connectivity index (χ1n) is 6.75. The summed E-state index contributed by atoms with van der Waals surface area (Å²) < 4.78 is 13.8. The fourth-order valence-electron chi connectivity index (χ4n) is 2.26. The van der Waals surface area contributed by atoms with Gasteiger partial charge in [0.25, 0.3) is 0 Å². The van der Waals surface area contributed by atoms with Crippen molar-refractivity contribution >= 4 is 15.9 Å². The lowest BCUT2D eigenvalue weighted by Crippen LogP contribution is -2.33. The van der Waals surface area contributed by atoms with Crippen molar-refractivity contribution < 1.29 is 4.39 Å². The van der Waals surface area contributed by atoms with Crippen molar-refractivity contribution in [1.82, 2.24) is 10.3 Å². The van der Waals surface area contributed by atoms with Crippen LogP contribution in [0.2, 0.25) is 0 Å². The molecule has 2 nitrogen and oxygen atoms in total. The molecule has 1 aromatic carbocycles. The average Bonchev–Trinajstić information content (AvgIpc) is 2.44. The van der Waals surface area contributed by atoms with Gasteiger partial charge in [0.05, 0.1) is 4.47 Å². The number of benzene rings is 1. The van der Waals surface area contributed by atoms with E-state index in [2.05, 4.69) is 33.2 Å². The Kier molecular flexibility index (Phi) is 5.68. The molecule has 1 N–H and O–H groups in total. The van der Waals surface area contributed by atoms with Crippen molar-refractivity contribution in [3.63, 3.8) is 0 Å². The number of halogens is 2. The van der Waals surface area contributed by atoms with Crippen molar-refractivity contribution in [2.24, 2.45) is 0 Å². The van der Waals surface area contributed by atoms with Gasteiger partial charge in [0, 0.05) is 18.4 Å². The average molecular weight is 337 g/mol. The Labute approximate surface area is 127 Å². The maximum absolute atomic E-state index is 13.3. The lowest BCUT2D eigenvalue weighted by atomic mass is 9.99. The summed E-state index contributed by atoms with van der Waals surface area (Å²) in [4.78, 5) is 4.04. The SMILES string of the molecule is CCNC(Cc1ccncc1)Cc1ccc(F)c(Br)c1. The van der Waals surface area contributed by atoms with Gasteiger partial charge in [-0.25, -0.2) is 4.39 Å². The molecule has 1 aromatic heterocycles. The summed E-state index contributed by atoms with van der Waals surface area (Å²) in [5.41, 5.74) is 2.38. The predicted molar refractivity (Wildman–Crippen MR) is 83.2 cm³/mol. The van der Waals surface area contributed by atoms with Gasteiger partial charge in [-0.1, -0.05) is 13.0 Å². The number of hydrogen-bond donors (Lipinski definition) is 1. The van der Waals surface area contributed by atoms with Gasteiger partial charge in [-0.2, -0.15) is 0 Å². The minimum absolute atomic E-state index is 0.220. The lowest BCUT2D eigenvalue weighted by molar-refractivity contribution is 0.520. The Hall–Kier alpha value is -1.26. The van der Waals surface area contributed by atoms with Crippen LogP contribution in [0.3, 0.4) is 0 Å². The molecule has 0 aliphatic carbocycles. The summed E-state index contributed by atoms with van der Waals surface area (Å²) in [7, 11) is 0. The topological polar surface area (TPSA) is 24.9 Å². The zero-order valence-electron chi connectivity index (χ0n) is 11.4. The Morgan fingerprint density at radius 2 is 1.85 bits per heavy atom. The van der Waals surface area contributed by atoms with E-state index in [4.69, 9.17) is 0 Å². The first-order valence-corrected chi connectivity index (χ1v) is 7.54. The van der Waals surface area contributed by atoms with Gasteiger partial charge < -0.3 is 5.32 Å². The second-order valence-corrected chi connectivity index (χ2v) is 5.62. The standard InChI is InChI=1S/C16H18BrFN2/c1-2-20-14(9-12-5-7-19-8-6-12)10-13-3-4-16(18)15(17)11-13/h3-8,11,14,20H,2,9-10H2,1H3. The van der Waals surface area contributed by atoms with Crippen LogP contribution < -0.4 is 5.32 Å². The Morgan fingerprint density at radius 3 is 2.50 bits per heavy atom. The number of nitrogens with one attached hydrogen (secondary N) is 1. The van der Waals surface area contributed by atoms with Gasteiger partial charge in [0.1, 0.15) is 5.82 Å². The van der Waals surface area contributed by atoms with Crippen LogP contribution in [0.5, 0.6) is 0 Å². The van der Waals surface area contributed by atoms with E-state index >= 15 is 0 Å². The molecule has 0 saturated carbocycles. The van der Waals surface area contributed by atoms with Crippen molar-refractivity contribution in [2.75, 3.05) is 6.54 Å². The van der Waals surface area contributed by atoms with Crippen LogP contribution in [0, 0.1) is 5.82 Å². The number of rotatable bonds is 6. The van der Waals surface area contributed by atoms with Crippen LogP contribution in [0.15, 0.2) is 47.2 Å². The Bertz CT molecular complexity index is 545. The molecular formula is C16H18BrFN2. The number of hydrogen-bond acceptors (Lipinski definition) is 2. The highest BCUT2D eigenvalue weighted by molar-refractivity contribution is 9.10. The Morgan fingerprint density at radius 1 is 1.15 bits per heavy atom. The molecule has 106 valence electrons. The van der Waals surface area contributed by atoms with Gasteiger partial charge in [-0.05, 0) is 70.7 Å². The van der Waals surface area contributed by atoms with E-state index in [1.165, 1.54) is 11.6 Å². The van der Waals surface area contributed by atoms with Crippen molar-refractivity contribution in [2.45, 2.75) is 25.8 Å². The summed E-state index contributed by atoms with van der Waals surface area (Å²) >= 11 is 3.24. The van der Waals surface area contributed by atoms with E-state index in [0.29, 0.717) is 10.5 Å². The van der Waals surface area contributed by atoms with Crippen molar-refractivity contribution in [3.8, 4) is 0 Å². The zero-order chi connectivity index (χ0) is 14.4. The maximum Gasteiger partial charge on any atom is 0.137 e. The van der Waals surface area contributed by atoms with E-state index in [-0.39, 0.29) is 5.82 Å². The highest BCUT2D eigenvalue weighted by Crippen LogP contribution is 2.18. The minimum Gasteiger partial charge on any atom is -0.314 e. The molecule has 0 aliphatic rings. The highest BCUT2D eigenvalue weighted by Gasteiger charge is 2.10. The molecule has 0 amide bonds. The molecule has 1 heterocycles. The van der Waals surface area contributed by atoms with Crippen LogP contribution in [0.1, 0.15) is 18.1 Å². The third-order valence-electron chi connectivity index (χ3n) is 3.19. The first kappa shape index (κ1) is 15.1. The van der Waals surface area contributed by atoms with E-state index < -0.39 is 0 Å². The van der Waals surface area contributed by atoms with Gasteiger partial charge in [0.2, 0.25) is 0 Å². The van der Waals surface area contributed by atoms with Crippen LogP contribution in [-0.2, 0) is 12.8 Å². The lowest BCUT2D eigenvalue weighted by Gasteiger charge is -2.18. The van der Waals surface area contributed by atoms with Crippen molar-refractivity contribution in [1.29, 1.82) is 0 Å². The Balaban J connectivity index is 2.06. The third-order valence-corrected chi connectivity index (χ3v) is 3.80. The summed E-state index contributed by atoms with van der Waals surface area (Å²) in [6.45, 7) is 3.01. The molecule has 0 aliphatic heterocycles. The molecule has 0 spiro atoms. The molecule has 20 heavy (non-hydrogen) atoms. The summed E-state index contributed by atoms with van der Waals surface area (Å²) in [5.74, 6) is -0.220. The zero-order valence-corrected chi connectivity index (χ0v) is 13.0. The van der Waals surface area contributed by atoms with Crippen LogP contribution in [0.4, 0.5) is 4.39 Å². The van der Waals surface area contributed by atoms with E-state index in [1.807, 2.05) is 36.7 Å². The fraction of sp³-hybridized carbons (Fsp3) is 0.312. The highest BCUT2D eigenvalue weighted by atomic mass is 79.9. The minimum atomic E-state index is -0.220. The quantitative estimate of drug-likeness (QED) is 0.868. The molecule has 0 radical (unpaired) electrons. The van der Waals surface area contributed by atoms with Crippen LogP contribution in [-0.4, -0.2) is 17.6 Å². The number of aromatic nitrogens is 1. The summed E-state index contributed by atoms with van der Waals surface area (Å²) in [6, 6.07) is 9.60. The first-order chi connectivity index (χ1) is 9.69. The third kappa shape index (κ3) is 4.39. The summed E-state index contributed by atoms with van der Waals surface area (Å²) in [6.07, 6.45) is 5.43. The van der Waals surface area contributed by atoms with E-state index in [1.54, 1.807) is 0 Å². The molecule has 1 atom stereocenters. The molecule has 0 saturated heterocycles. The van der Waals surface area contributed by atoms with Gasteiger partial charge >= 0.3 is 0 Å². The normalized spacial score (nSPS) is 12.3. The second-order valence-electron chi connectivity index (χ2n) is 4.77.